The van der Waals surface area contributed by atoms with Gasteiger partial charge in [-0.1, -0.05) is 0 Å². The minimum Gasteiger partial charge on any atom is -0.376 e. The van der Waals surface area contributed by atoms with Crippen LogP contribution >= 0.6 is 0 Å². The van der Waals surface area contributed by atoms with Gasteiger partial charge in [0, 0.05) is 30.9 Å². The summed E-state index contributed by atoms with van der Waals surface area (Å²) in [5.74, 6) is -1.68. The number of aromatic amines is 1. The number of nitrogens with one attached hydrogen (secondary N) is 2. The minimum absolute atomic E-state index is 0.0271. The highest BCUT2D eigenvalue weighted by Crippen LogP contribution is 2.49. The van der Waals surface area contributed by atoms with E-state index in [2.05, 4.69) is 20.5 Å². The van der Waals surface area contributed by atoms with Crippen LogP contribution in [0.2, 0.25) is 0 Å². The molecule has 2 unspecified atom stereocenters. The van der Waals surface area contributed by atoms with Crippen LogP contribution in [-0.4, -0.2) is 45.5 Å². The van der Waals surface area contributed by atoms with Gasteiger partial charge in [-0.2, -0.15) is 31.4 Å². The summed E-state index contributed by atoms with van der Waals surface area (Å²) in [6, 6.07) is 2.07. The Morgan fingerprint density at radius 2 is 1.93 bits per heavy atom. The zero-order chi connectivity index (χ0) is 21.9. The molecule has 13 heteroatoms. The van der Waals surface area contributed by atoms with Gasteiger partial charge < -0.3 is 15.3 Å². The van der Waals surface area contributed by atoms with Crippen molar-refractivity contribution in [2.75, 3.05) is 23.3 Å². The third-order valence-electron chi connectivity index (χ3n) is 5.35. The monoisotopic (exact) mass is 435 g/mol. The lowest BCUT2D eigenvalue weighted by Gasteiger charge is -2.34. The number of rotatable bonds is 2. The lowest BCUT2D eigenvalue weighted by Crippen LogP contribution is -2.48. The third kappa shape index (κ3) is 3.26. The van der Waals surface area contributed by atoms with Crippen LogP contribution in [0.1, 0.15) is 35.6 Å². The predicted octanol–water partition coefficient (Wildman–Crippen LogP) is 2.91. The van der Waals surface area contributed by atoms with Gasteiger partial charge in [-0.25, -0.2) is 4.98 Å². The number of halogens is 6. The van der Waals surface area contributed by atoms with E-state index in [9.17, 15) is 36.2 Å². The Labute approximate surface area is 165 Å². The molecular formula is C17H15F6N5O2. The van der Waals surface area contributed by atoms with Crippen LogP contribution in [0.4, 0.5) is 38.0 Å². The van der Waals surface area contributed by atoms with Gasteiger partial charge in [-0.15, -0.1) is 0 Å². The number of carbonyl (C=O) groups is 1. The molecule has 2 atom stereocenters. The second-order valence-electron chi connectivity index (χ2n) is 7.28. The van der Waals surface area contributed by atoms with Crippen LogP contribution in [0.15, 0.2) is 18.3 Å². The van der Waals surface area contributed by atoms with E-state index in [-0.39, 0.29) is 23.9 Å². The van der Waals surface area contributed by atoms with Crippen molar-refractivity contribution in [2.45, 2.75) is 36.7 Å². The molecule has 0 saturated carbocycles. The second-order valence-corrected chi connectivity index (χ2v) is 7.28. The molecule has 0 spiro atoms. The minimum atomic E-state index is -5.11. The zero-order valence-corrected chi connectivity index (χ0v) is 15.1. The fraction of sp³-hybridized carbons (Fsp3) is 0.471. The van der Waals surface area contributed by atoms with Gasteiger partial charge in [0.05, 0.1) is 17.5 Å². The summed E-state index contributed by atoms with van der Waals surface area (Å²) < 4.78 is 78.9. The van der Waals surface area contributed by atoms with Crippen molar-refractivity contribution < 1.29 is 36.2 Å². The van der Waals surface area contributed by atoms with Gasteiger partial charge in [0.25, 0.3) is 0 Å². The number of hydrogen-bond acceptors (Lipinski definition) is 5. The number of nitrogens with zero attached hydrogens (tertiary/aromatic N) is 3. The Morgan fingerprint density at radius 3 is 2.53 bits per heavy atom. The van der Waals surface area contributed by atoms with Crippen molar-refractivity contribution >= 4 is 17.5 Å². The Bertz CT molecular complexity index is 970. The van der Waals surface area contributed by atoms with Crippen LogP contribution in [0, 0.1) is 0 Å². The first-order chi connectivity index (χ1) is 13.9. The number of aliphatic hydroxyl groups is 1. The van der Waals surface area contributed by atoms with Crippen molar-refractivity contribution in [2.24, 2.45) is 0 Å². The summed E-state index contributed by atoms with van der Waals surface area (Å²) in [7, 11) is 0. The summed E-state index contributed by atoms with van der Waals surface area (Å²) in [5, 5.41) is 18.8. The quantitative estimate of drug-likeness (QED) is 0.631. The number of hydrogen-bond donors (Lipinski definition) is 3. The average molecular weight is 435 g/mol. The number of alkyl halides is 6. The highest BCUT2D eigenvalue weighted by atomic mass is 19.4. The number of H-pyrrole nitrogens is 1. The van der Waals surface area contributed by atoms with Crippen molar-refractivity contribution in [3.05, 3.63) is 35.2 Å². The molecule has 2 aromatic heterocycles. The number of fused-ring (bicyclic) bond motifs is 1. The van der Waals surface area contributed by atoms with E-state index in [0.29, 0.717) is 19.2 Å². The summed E-state index contributed by atoms with van der Waals surface area (Å²) in [5.41, 5.74) is -4.79. The highest BCUT2D eigenvalue weighted by Gasteiger charge is 2.61. The molecule has 0 aromatic carbocycles. The first-order valence-corrected chi connectivity index (χ1v) is 8.86. The second kappa shape index (κ2) is 6.59. The van der Waals surface area contributed by atoms with Crippen molar-refractivity contribution in [3.63, 3.8) is 0 Å². The lowest BCUT2D eigenvalue weighted by molar-refractivity contribution is -0.267. The molecule has 162 valence electrons. The number of carbonyl (C=O) groups excluding carboxylic acids is 1. The maximum atomic E-state index is 13.6. The van der Waals surface area contributed by atoms with Gasteiger partial charge in [-0.3, -0.25) is 9.89 Å². The number of aromatic nitrogens is 3. The molecule has 0 aliphatic carbocycles. The smallest absolute Gasteiger partial charge is 0.376 e. The van der Waals surface area contributed by atoms with E-state index in [4.69, 9.17) is 0 Å². The maximum Gasteiger partial charge on any atom is 0.422 e. The number of amides is 1. The van der Waals surface area contributed by atoms with E-state index in [1.54, 1.807) is 4.90 Å². The number of pyridine rings is 1. The highest BCUT2D eigenvalue weighted by molar-refractivity contribution is 5.94. The van der Waals surface area contributed by atoms with Gasteiger partial charge in [0.1, 0.15) is 5.82 Å². The van der Waals surface area contributed by atoms with Crippen molar-refractivity contribution in [1.29, 1.82) is 0 Å². The predicted molar refractivity (Wildman–Crippen MR) is 90.6 cm³/mol. The van der Waals surface area contributed by atoms with E-state index in [0.717, 1.165) is 6.07 Å². The molecule has 30 heavy (non-hydrogen) atoms. The first-order valence-electron chi connectivity index (χ1n) is 8.86. The van der Waals surface area contributed by atoms with Gasteiger partial charge in [0.15, 0.2) is 11.4 Å². The average Bonchev–Trinajstić information content (AvgIpc) is 3.27. The fourth-order valence-electron chi connectivity index (χ4n) is 3.84. The first kappa shape index (κ1) is 20.4. The van der Waals surface area contributed by atoms with Gasteiger partial charge >= 0.3 is 12.4 Å². The van der Waals surface area contributed by atoms with E-state index in [1.807, 2.05) is 0 Å². The Kier molecular flexibility index (Phi) is 4.49. The zero-order valence-electron chi connectivity index (χ0n) is 15.1. The third-order valence-corrected chi connectivity index (χ3v) is 5.35. The van der Waals surface area contributed by atoms with Crippen LogP contribution in [-0.2, 0) is 16.6 Å². The van der Waals surface area contributed by atoms with Gasteiger partial charge in [0.2, 0.25) is 5.91 Å². The molecule has 2 aliphatic heterocycles. The molecule has 1 amide bonds. The molecule has 2 aromatic rings. The van der Waals surface area contributed by atoms with Crippen LogP contribution in [0.5, 0.6) is 0 Å². The van der Waals surface area contributed by atoms with Crippen LogP contribution in [0.25, 0.3) is 0 Å². The Hall–Kier alpha value is -2.83. The summed E-state index contributed by atoms with van der Waals surface area (Å²) in [6.45, 7) is 0.475. The van der Waals surface area contributed by atoms with E-state index in [1.165, 1.54) is 6.07 Å². The summed E-state index contributed by atoms with van der Waals surface area (Å²) in [4.78, 5) is 17.1. The SMILES string of the molecule is O=C1CC(O)(C(F)(F)F)c2c(n[nH]c2C2CCN(c3ccc(C(F)(F)F)cn3)C2)N1. The lowest BCUT2D eigenvalue weighted by atomic mass is 9.83. The fourth-order valence-corrected chi connectivity index (χ4v) is 3.84. The molecular weight excluding hydrogens is 420 g/mol. The molecule has 1 fully saturated rings. The molecule has 0 bridgehead atoms. The number of anilines is 2. The van der Waals surface area contributed by atoms with E-state index >= 15 is 0 Å². The molecule has 3 N–H and O–H groups in total. The molecule has 0 radical (unpaired) electrons. The topological polar surface area (TPSA) is 94.1 Å². The Balaban J connectivity index is 1.61. The largest absolute Gasteiger partial charge is 0.422 e. The molecule has 4 rings (SSSR count). The van der Waals surface area contributed by atoms with Gasteiger partial charge in [-0.05, 0) is 18.6 Å². The maximum absolute atomic E-state index is 13.6. The van der Waals surface area contributed by atoms with Crippen LogP contribution in [0.3, 0.4) is 0 Å². The Morgan fingerprint density at radius 1 is 1.20 bits per heavy atom. The molecule has 4 heterocycles. The van der Waals surface area contributed by atoms with E-state index < -0.39 is 47.3 Å². The normalized spacial score (nSPS) is 24.7. The molecule has 1 saturated heterocycles. The summed E-state index contributed by atoms with van der Waals surface area (Å²) in [6.07, 6.45) is -9.78. The molecule has 2 aliphatic rings. The van der Waals surface area contributed by atoms with Crippen molar-refractivity contribution in [3.8, 4) is 0 Å². The standard InChI is InChI=1S/C17H15F6N5O2/c18-16(19,20)9-1-2-10(24-6-9)28-4-3-8(7-28)13-12-14(27-26-13)25-11(29)5-15(12,30)17(21,22)23/h1-2,6,8,30H,3-5,7H2,(H2,25,26,27,29). The summed E-state index contributed by atoms with van der Waals surface area (Å²) >= 11 is 0. The van der Waals surface area contributed by atoms with Crippen molar-refractivity contribution in [1.82, 2.24) is 15.2 Å². The van der Waals surface area contributed by atoms with Crippen LogP contribution < -0.4 is 10.2 Å². The molecule has 7 nitrogen and oxygen atoms in total.